The fourth-order valence-electron chi connectivity index (χ4n) is 17.7. The van der Waals surface area contributed by atoms with Gasteiger partial charge in [0.05, 0.1) is 25.4 Å². The Bertz CT molecular complexity index is 3120. The van der Waals surface area contributed by atoms with Crippen molar-refractivity contribution in [2.24, 2.45) is 46.8 Å². The minimum absolute atomic E-state index is 0.00533. The molecule has 6 fully saturated rings. The number of alkyl halides is 4. The Hall–Kier alpha value is -6.54. The summed E-state index contributed by atoms with van der Waals surface area (Å²) >= 11 is 6.47. The van der Waals surface area contributed by atoms with Crippen LogP contribution in [0.25, 0.3) is 0 Å². The normalized spacial score (nSPS) is 32.3. The van der Waals surface area contributed by atoms with E-state index in [0.29, 0.717) is 44.4 Å². The van der Waals surface area contributed by atoms with Gasteiger partial charge in [-0.15, -0.1) is 11.6 Å². The monoisotopic (exact) mass is 1490 g/mol. The van der Waals surface area contributed by atoms with Gasteiger partial charge in [0.15, 0.2) is 0 Å². The number of rotatable bonds is 12. The molecule has 0 radical (unpaired) electrons. The maximum atomic E-state index is 15.8. The lowest BCUT2D eigenvalue weighted by Gasteiger charge is -2.54. The summed E-state index contributed by atoms with van der Waals surface area (Å²) in [4.78, 5) is 193. The molecular weight excluding hydrogens is 1370 g/mol. The third-order valence-corrected chi connectivity index (χ3v) is 24.8. The Labute approximate surface area is 620 Å². The third-order valence-electron chi connectivity index (χ3n) is 24.3. The van der Waals surface area contributed by atoms with Crippen LogP contribution in [0.1, 0.15) is 203 Å². The van der Waals surface area contributed by atoms with E-state index < -0.39 is 179 Å². The second-order valence-electron chi connectivity index (χ2n) is 32.9. The second-order valence-corrected chi connectivity index (χ2v) is 33.5. The second kappa shape index (κ2) is 36.4. The molecule has 24 nitrogen and oxygen atoms in total. The molecule has 4 aliphatic carbocycles. The fourth-order valence-corrected chi connectivity index (χ4v) is 18.2. The lowest BCUT2D eigenvalue weighted by Crippen LogP contribution is -2.71. The van der Waals surface area contributed by atoms with Crippen molar-refractivity contribution in [3.63, 3.8) is 0 Å². The summed E-state index contributed by atoms with van der Waals surface area (Å²) in [6.45, 7) is 12.4. The number of carbonyl (C=O) groups excluding carboxylic acids is 12. The van der Waals surface area contributed by atoms with Crippen molar-refractivity contribution in [3.05, 3.63) is 12.2 Å². The van der Waals surface area contributed by atoms with Gasteiger partial charge in [-0.3, -0.25) is 57.5 Å². The highest BCUT2D eigenvalue weighted by molar-refractivity contribution is 6.21. The van der Waals surface area contributed by atoms with Gasteiger partial charge in [0.25, 0.3) is 0 Å². The number of hydrogen-bond acceptors (Lipinski definition) is 12. The van der Waals surface area contributed by atoms with Gasteiger partial charge >= 0.3 is 6.18 Å². The van der Waals surface area contributed by atoms with E-state index in [1.54, 1.807) is 13.0 Å². The molecule has 3 unspecified atom stereocenters. The largest absolute Gasteiger partial charge is 0.393 e. The first-order valence-electron chi connectivity index (χ1n) is 38.4. The standard InChI is InChI=1S/C76H122ClF3N12O12/c1-16-24-55-65(96)82-63(47(5)17-2)71(102)86(11)43-62(95)88(13)56-27-20-19-23-36-91(70(56)101)59(39-50-30-28-46(4)29-31-50)69(100)85(10)42-60(93)81-54(35-33-49-32-34-52(53(77)37-49)76(78,79)80)67(98)92-41-48(18-3)38-57(92)66(97)83-75(44-74(6,7)45-75)73(104)90(15)64(51-25-21-22-26-51)72(103)89(14)58(68(99)84(8)9)40-61(94)87(55)12/h19-20,46-59,63-64H,16-18,21-45H2,1-15H3,(H,81,93)(H,82,96)(H,83,97)/b20-19-/t46?,47-,48+,49?,50?,52?,53?,54-,55-,56-,57-,58-,59-,63-,64-/m0/s1. The summed E-state index contributed by atoms with van der Waals surface area (Å²) in [5.74, 6) is -10.3. The minimum Gasteiger partial charge on any atom is -0.347 e. The summed E-state index contributed by atoms with van der Waals surface area (Å²) in [6, 6.07) is -9.84. The SMILES string of the molecule is CCC[C@H]1C(=O)N[C@@H]([C@@H](C)CC)C(=O)N(C)CC(=O)N(C)[C@H]2C/C=C\CCN(C2=O)[C@@H](CC2CCC(C)CC2)C(=O)N(C)CC(=O)N[C@@H](CCC2CCC(C(F)(F)F)C(Cl)C2)C(=O)N2C[C@H](CC)C[C@H]2C(=O)NC2(CC(C)(C)C2)C(=O)N(C)[C@@H](C2CCCC2)C(=O)N(C)[C@H](C(=O)N(C)C)CC(=O)N1C. The Morgan fingerprint density at radius 2 is 1.30 bits per heavy atom. The molecule has 13 atom stereocenters. The van der Waals surface area contributed by atoms with Gasteiger partial charge in [0, 0.05) is 74.8 Å². The van der Waals surface area contributed by atoms with E-state index in [-0.39, 0.29) is 101 Å². The molecule has 12 amide bonds. The Kier molecular flexibility index (Phi) is 29.6. The average molecular weight is 1490 g/mol. The number of nitrogens with zero attached hydrogens (tertiary/aromatic N) is 9. The predicted molar refractivity (Wildman–Crippen MR) is 388 cm³/mol. The van der Waals surface area contributed by atoms with Crippen molar-refractivity contribution in [2.75, 3.05) is 82.6 Å². The Morgan fingerprint density at radius 1 is 0.663 bits per heavy atom. The number of carbonyl (C=O) groups is 12. The molecule has 3 aliphatic heterocycles. The molecule has 7 rings (SSSR count). The van der Waals surface area contributed by atoms with Crippen LogP contribution in [-0.2, 0) is 57.5 Å². The molecule has 0 aromatic heterocycles. The van der Waals surface area contributed by atoms with Crippen molar-refractivity contribution in [2.45, 2.75) is 268 Å². The zero-order valence-corrected chi connectivity index (χ0v) is 65.4. The summed E-state index contributed by atoms with van der Waals surface area (Å²) in [5, 5.41) is 7.70. The molecular formula is C76H122ClF3N12O12. The van der Waals surface area contributed by atoms with Crippen molar-refractivity contribution in [1.82, 2.24) is 60.0 Å². The van der Waals surface area contributed by atoms with E-state index in [2.05, 4.69) is 22.9 Å². The van der Waals surface area contributed by atoms with Crippen LogP contribution in [0.4, 0.5) is 13.2 Å². The average Bonchev–Trinajstić information content (AvgIpc) is 0.834. The van der Waals surface area contributed by atoms with Crippen molar-refractivity contribution < 1.29 is 70.7 Å². The van der Waals surface area contributed by atoms with Crippen LogP contribution in [0.5, 0.6) is 0 Å². The zero-order valence-electron chi connectivity index (χ0n) is 64.6. The molecule has 2 saturated heterocycles. The summed E-state index contributed by atoms with van der Waals surface area (Å²) < 4.78 is 42.4. The Morgan fingerprint density at radius 3 is 1.88 bits per heavy atom. The van der Waals surface area contributed by atoms with Gasteiger partial charge in [-0.05, 0) is 131 Å². The van der Waals surface area contributed by atoms with Crippen molar-refractivity contribution >= 4 is 82.5 Å². The van der Waals surface area contributed by atoms with Gasteiger partial charge in [-0.1, -0.05) is 118 Å². The molecule has 3 N–H and O–H groups in total. The van der Waals surface area contributed by atoms with Crippen molar-refractivity contribution in [3.8, 4) is 0 Å². The van der Waals surface area contributed by atoms with E-state index >= 15 is 28.8 Å². The van der Waals surface area contributed by atoms with E-state index in [4.69, 9.17) is 11.6 Å². The maximum Gasteiger partial charge on any atom is 0.393 e. The number of fused-ring (bicyclic) bond motifs is 3. The van der Waals surface area contributed by atoms with Crippen LogP contribution < -0.4 is 16.0 Å². The van der Waals surface area contributed by atoms with Gasteiger partial charge in [0.1, 0.15) is 53.9 Å². The molecule has 7 aliphatic rings. The molecule has 104 heavy (non-hydrogen) atoms. The molecule has 4 saturated carbocycles. The number of nitrogens with one attached hydrogen (secondary N) is 3. The van der Waals surface area contributed by atoms with Gasteiger partial charge in [-0.25, -0.2) is 0 Å². The lowest BCUT2D eigenvalue weighted by atomic mass is 9.58. The molecule has 586 valence electrons. The molecule has 2 bridgehead atoms. The van der Waals surface area contributed by atoms with Crippen LogP contribution in [0.3, 0.4) is 0 Å². The highest BCUT2D eigenvalue weighted by Crippen LogP contribution is 2.50. The van der Waals surface area contributed by atoms with Crippen LogP contribution in [0.15, 0.2) is 12.2 Å². The van der Waals surface area contributed by atoms with E-state index in [9.17, 15) is 41.9 Å². The van der Waals surface area contributed by atoms with E-state index in [0.717, 1.165) is 38.5 Å². The number of hydrogen-bond donors (Lipinski definition) is 3. The van der Waals surface area contributed by atoms with Crippen LogP contribution in [-0.4, -0.2) is 263 Å². The molecule has 0 aromatic carbocycles. The number of amides is 12. The first-order valence-corrected chi connectivity index (χ1v) is 38.9. The maximum absolute atomic E-state index is 15.8. The first kappa shape index (κ1) is 84.7. The summed E-state index contributed by atoms with van der Waals surface area (Å²) in [7, 11) is 11.6. The quantitative estimate of drug-likeness (QED) is 0.130. The predicted octanol–water partition coefficient (Wildman–Crippen LogP) is 7.14. The minimum atomic E-state index is -4.52. The van der Waals surface area contributed by atoms with Crippen LogP contribution in [0.2, 0.25) is 0 Å². The molecule has 28 heteroatoms. The lowest BCUT2D eigenvalue weighted by molar-refractivity contribution is -0.182. The van der Waals surface area contributed by atoms with Gasteiger partial charge in [-0.2, -0.15) is 13.2 Å². The van der Waals surface area contributed by atoms with Crippen molar-refractivity contribution in [1.29, 1.82) is 0 Å². The number of halogens is 4. The van der Waals surface area contributed by atoms with Crippen LogP contribution >= 0.6 is 11.6 Å². The topological polar surface area (TPSA) is 270 Å². The third kappa shape index (κ3) is 20.4. The summed E-state index contributed by atoms with van der Waals surface area (Å²) in [5.41, 5.74) is -2.10. The molecule has 0 aromatic rings. The Balaban J connectivity index is 1.32. The van der Waals surface area contributed by atoms with E-state index in [1.165, 1.54) is 100 Å². The van der Waals surface area contributed by atoms with Crippen LogP contribution in [0, 0.1) is 46.8 Å². The van der Waals surface area contributed by atoms with Gasteiger partial charge in [0.2, 0.25) is 70.9 Å². The highest BCUT2D eigenvalue weighted by atomic mass is 35.5. The molecule has 3 heterocycles. The summed E-state index contributed by atoms with van der Waals surface area (Å²) in [6.07, 6.45) is 7.04. The van der Waals surface area contributed by atoms with Gasteiger partial charge < -0.3 is 60.0 Å². The van der Waals surface area contributed by atoms with E-state index in [1.807, 2.05) is 40.7 Å². The fraction of sp³-hybridized carbons (Fsp3) is 0.816. The first-order chi connectivity index (χ1) is 48.8. The smallest absolute Gasteiger partial charge is 0.347 e. The zero-order chi connectivity index (χ0) is 77.2. The highest BCUT2D eigenvalue weighted by Gasteiger charge is 2.59. The molecule has 1 spiro atoms. The number of likely N-dealkylation sites (N-methyl/N-ethyl adjacent to an activating group) is 7.